The second-order valence-electron chi connectivity index (χ2n) is 3.04. The quantitative estimate of drug-likeness (QED) is 0.819. The van der Waals surface area contributed by atoms with Gasteiger partial charge in [0.25, 0.3) is 0 Å². The van der Waals surface area contributed by atoms with Crippen LogP contribution in [0.1, 0.15) is 31.4 Å². The van der Waals surface area contributed by atoms with Crippen molar-refractivity contribution in [2.24, 2.45) is 0 Å². The highest BCUT2D eigenvalue weighted by molar-refractivity contribution is 9.10. The van der Waals surface area contributed by atoms with Gasteiger partial charge in [-0.2, -0.15) is 0 Å². The first-order chi connectivity index (χ1) is 6.74. The molecule has 0 aliphatic rings. The Balaban J connectivity index is 2.58. The van der Waals surface area contributed by atoms with E-state index >= 15 is 0 Å². The van der Waals surface area contributed by atoms with Crippen LogP contribution in [0.2, 0.25) is 0 Å². The third-order valence-electron chi connectivity index (χ3n) is 1.95. The van der Waals surface area contributed by atoms with E-state index in [1.807, 2.05) is 31.2 Å². The van der Waals surface area contributed by atoms with Crippen LogP contribution in [0.15, 0.2) is 28.7 Å². The van der Waals surface area contributed by atoms with Gasteiger partial charge in [-0.1, -0.05) is 28.1 Å². The molecule has 2 heteroatoms. The molecule has 1 unspecified atom stereocenters. The summed E-state index contributed by atoms with van der Waals surface area (Å²) in [7, 11) is 0. The lowest BCUT2D eigenvalue weighted by Crippen LogP contribution is -1.96. The number of hydrogen-bond donors (Lipinski definition) is 1. The maximum atomic E-state index is 9.78. The summed E-state index contributed by atoms with van der Waals surface area (Å²) in [4.78, 5) is 0. The molecule has 0 aliphatic carbocycles. The van der Waals surface area contributed by atoms with Crippen LogP contribution in [0.3, 0.4) is 0 Å². The fraction of sp³-hybridized carbons (Fsp3) is 0.333. The Morgan fingerprint density at radius 1 is 1.50 bits per heavy atom. The lowest BCUT2D eigenvalue weighted by atomic mass is 10.1. The maximum absolute atomic E-state index is 9.78. The first-order valence-corrected chi connectivity index (χ1v) is 5.36. The molecule has 1 atom stereocenters. The predicted molar refractivity (Wildman–Crippen MR) is 61.8 cm³/mol. The molecule has 0 heterocycles. The van der Waals surface area contributed by atoms with Crippen LogP contribution in [0, 0.1) is 11.8 Å². The Labute approximate surface area is 93.3 Å². The molecule has 14 heavy (non-hydrogen) atoms. The molecule has 0 saturated carbocycles. The van der Waals surface area contributed by atoms with Gasteiger partial charge < -0.3 is 5.11 Å². The van der Waals surface area contributed by atoms with Crippen molar-refractivity contribution in [1.82, 2.24) is 0 Å². The van der Waals surface area contributed by atoms with Crippen LogP contribution in [0.4, 0.5) is 0 Å². The summed E-state index contributed by atoms with van der Waals surface area (Å²) < 4.78 is 0.996. The third-order valence-corrected chi connectivity index (χ3v) is 2.45. The zero-order valence-electron chi connectivity index (χ0n) is 8.13. The summed E-state index contributed by atoms with van der Waals surface area (Å²) in [6.45, 7) is 1.81. The summed E-state index contributed by atoms with van der Waals surface area (Å²) in [5.41, 5.74) is 0.942. The van der Waals surface area contributed by atoms with E-state index in [2.05, 4.69) is 27.8 Å². The van der Waals surface area contributed by atoms with Crippen molar-refractivity contribution in [2.45, 2.75) is 25.9 Å². The summed E-state index contributed by atoms with van der Waals surface area (Å²) in [5.74, 6) is 5.76. The Morgan fingerprint density at radius 3 is 2.93 bits per heavy atom. The number of aliphatic hydroxyl groups excluding tert-OH is 1. The van der Waals surface area contributed by atoms with Gasteiger partial charge in [-0.25, -0.2) is 0 Å². The number of hydrogen-bond acceptors (Lipinski definition) is 1. The van der Waals surface area contributed by atoms with Crippen LogP contribution in [0.25, 0.3) is 0 Å². The van der Waals surface area contributed by atoms with Crippen molar-refractivity contribution >= 4 is 15.9 Å². The fourth-order valence-electron chi connectivity index (χ4n) is 1.21. The monoisotopic (exact) mass is 252 g/mol. The Hall–Kier alpha value is -0.780. The average Bonchev–Trinajstić information content (AvgIpc) is 2.18. The minimum atomic E-state index is -0.409. The first-order valence-electron chi connectivity index (χ1n) is 4.57. The molecule has 0 aromatic heterocycles. The van der Waals surface area contributed by atoms with Crippen LogP contribution in [0.5, 0.6) is 0 Å². The van der Waals surface area contributed by atoms with E-state index in [0.717, 1.165) is 16.5 Å². The molecule has 0 fully saturated rings. The molecule has 1 rings (SSSR count). The van der Waals surface area contributed by atoms with E-state index in [1.54, 1.807) is 0 Å². The zero-order valence-corrected chi connectivity index (χ0v) is 9.71. The van der Waals surface area contributed by atoms with Gasteiger partial charge in [0.1, 0.15) is 0 Å². The largest absolute Gasteiger partial charge is 0.388 e. The van der Waals surface area contributed by atoms with Gasteiger partial charge in [-0.05, 0) is 31.0 Å². The summed E-state index contributed by atoms with van der Waals surface area (Å²) in [5, 5.41) is 9.78. The lowest BCUT2D eigenvalue weighted by molar-refractivity contribution is 0.169. The van der Waals surface area contributed by atoms with Crippen LogP contribution in [-0.2, 0) is 0 Å². The van der Waals surface area contributed by atoms with E-state index in [1.165, 1.54) is 0 Å². The summed E-state index contributed by atoms with van der Waals surface area (Å²) in [6.07, 6.45) is 1.02. The molecule has 1 aromatic carbocycles. The van der Waals surface area contributed by atoms with Gasteiger partial charge in [0.2, 0.25) is 0 Å². The van der Waals surface area contributed by atoms with Crippen molar-refractivity contribution in [1.29, 1.82) is 0 Å². The maximum Gasteiger partial charge on any atom is 0.0799 e. The molecular formula is C12H13BrO. The second kappa shape index (κ2) is 5.85. The van der Waals surface area contributed by atoms with Crippen molar-refractivity contribution in [3.05, 3.63) is 34.3 Å². The molecule has 0 radical (unpaired) electrons. The zero-order chi connectivity index (χ0) is 10.4. The Kier molecular flexibility index (Phi) is 4.72. The predicted octanol–water partition coefficient (Wildman–Crippen LogP) is 3.29. The molecule has 0 spiro atoms. The van der Waals surface area contributed by atoms with Crippen molar-refractivity contribution in [2.75, 3.05) is 0 Å². The standard InChI is InChI=1S/C12H13BrO/c1-2-3-4-8-12(14)10-6-5-7-11(13)9-10/h5-7,9,12,14H,4,8H2,1H3. The van der Waals surface area contributed by atoms with E-state index < -0.39 is 6.10 Å². The van der Waals surface area contributed by atoms with E-state index in [9.17, 15) is 5.11 Å². The summed E-state index contributed by atoms with van der Waals surface area (Å²) in [6, 6.07) is 7.73. The Bertz CT molecular complexity index is 349. The molecule has 1 nitrogen and oxygen atoms in total. The lowest BCUT2D eigenvalue weighted by Gasteiger charge is -2.08. The molecule has 74 valence electrons. The van der Waals surface area contributed by atoms with Gasteiger partial charge in [0.15, 0.2) is 0 Å². The van der Waals surface area contributed by atoms with Crippen LogP contribution < -0.4 is 0 Å². The highest BCUT2D eigenvalue weighted by Crippen LogP contribution is 2.21. The highest BCUT2D eigenvalue weighted by Gasteiger charge is 2.05. The number of aliphatic hydroxyl groups is 1. The van der Waals surface area contributed by atoms with Gasteiger partial charge >= 0.3 is 0 Å². The van der Waals surface area contributed by atoms with E-state index in [4.69, 9.17) is 0 Å². The van der Waals surface area contributed by atoms with Crippen molar-refractivity contribution in [3.8, 4) is 11.8 Å². The topological polar surface area (TPSA) is 20.2 Å². The van der Waals surface area contributed by atoms with Crippen LogP contribution >= 0.6 is 15.9 Å². The summed E-state index contributed by atoms with van der Waals surface area (Å²) >= 11 is 3.37. The molecule has 0 saturated heterocycles. The SMILES string of the molecule is CC#CCCC(O)c1cccc(Br)c1. The third kappa shape index (κ3) is 3.53. The Morgan fingerprint density at radius 2 is 2.29 bits per heavy atom. The van der Waals surface area contributed by atoms with Gasteiger partial charge in [-0.3, -0.25) is 0 Å². The average molecular weight is 253 g/mol. The molecule has 0 bridgehead atoms. The van der Waals surface area contributed by atoms with Gasteiger partial charge in [0, 0.05) is 10.9 Å². The highest BCUT2D eigenvalue weighted by atomic mass is 79.9. The molecule has 0 aliphatic heterocycles. The van der Waals surface area contributed by atoms with Crippen molar-refractivity contribution in [3.63, 3.8) is 0 Å². The second-order valence-corrected chi connectivity index (χ2v) is 3.95. The smallest absolute Gasteiger partial charge is 0.0799 e. The fourth-order valence-corrected chi connectivity index (χ4v) is 1.63. The number of halogens is 1. The van der Waals surface area contributed by atoms with Crippen LogP contribution in [-0.4, -0.2) is 5.11 Å². The first kappa shape index (κ1) is 11.3. The molecule has 1 N–H and O–H groups in total. The molecule has 0 amide bonds. The van der Waals surface area contributed by atoms with E-state index in [0.29, 0.717) is 6.42 Å². The normalized spacial score (nSPS) is 11.6. The molecule has 1 aromatic rings. The minimum Gasteiger partial charge on any atom is -0.388 e. The number of benzene rings is 1. The van der Waals surface area contributed by atoms with E-state index in [-0.39, 0.29) is 0 Å². The number of rotatable bonds is 3. The van der Waals surface area contributed by atoms with Gasteiger partial charge in [0.05, 0.1) is 6.10 Å². The molecular weight excluding hydrogens is 240 g/mol. The van der Waals surface area contributed by atoms with Gasteiger partial charge in [-0.15, -0.1) is 11.8 Å². The minimum absolute atomic E-state index is 0.409. The van der Waals surface area contributed by atoms with Crippen molar-refractivity contribution < 1.29 is 5.11 Å².